The Kier molecular flexibility index (Phi) is 5.02. The van der Waals surface area contributed by atoms with Gasteiger partial charge in [0.1, 0.15) is 5.82 Å². The van der Waals surface area contributed by atoms with Gasteiger partial charge in [0.2, 0.25) is 5.91 Å². The fraction of sp³-hybridized carbons (Fsp3) is 0.143. The Balaban J connectivity index is 2.01. The van der Waals surface area contributed by atoms with Gasteiger partial charge in [-0.3, -0.25) is 4.79 Å². The minimum absolute atomic E-state index is 0.226. The number of carbonyl (C=O) groups is 1. The Morgan fingerprint density at radius 1 is 1.31 bits per heavy atom. The smallest absolute Gasteiger partial charge is 0.293 e. The molecule has 1 amide bonds. The van der Waals surface area contributed by atoms with Crippen LogP contribution in [-0.4, -0.2) is 21.7 Å². The van der Waals surface area contributed by atoms with Crippen LogP contribution in [-0.2, 0) is 4.79 Å². The van der Waals surface area contributed by atoms with Gasteiger partial charge >= 0.3 is 0 Å². The highest BCUT2D eigenvalue weighted by Crippen LogP contribution is 2.40. The second kappa shape index (κ2) is 7.63. The number of hydrogen-bond acceptors (Lipinski definition) is 5. The summed E-state index contributed by atoms with van der Waals surface area (Å²) in [6.07, 6.45) is 0.953. The van der Waals surface area contributed by atoms with Crippen LogP contribution in [0.3, 0.4) is 0 Å². The van der Waals surface area contributed by atoms with Gasteiger partial charge < -0.3 is 5.11 Å². The fourth-order valence-electron chi connectivity index (χ4n) is 3.40. The van der Waals surface area contributed by atoms with Gasteiger partial charge in [-0.1, -0.05) is 34.7 Å². The Morgan fingerprint density at radius 2 is 2.03 bits per heavy atom. The number of fused-ring (bicyclic) bond motifs is 3. The van der Waals surface area contributed by atoms with Crippen molar-refractivity contribution in [2.45, 2.75) is 18.2 Å². The summed E-state index contributed by atoms with van der Waals surface area (Å²) < 4.78 is 15.0. The summed E-state index contributed by atoms with van der Waals surface area (Å²) in [4.78, 5) is 18.3. The molecule has 146 valence electrons. The predicted octanol–water partition coefficient (Wildman–Crippen LogP) is 2.84. The number of aromatic nitrogens is 3. The minimum atomic E-state index is -0.739. The molecule has 0 saturated heterocycles. The maximum absolute atomic E-state index is 13.5. The maximum atomic E-state index is 13.5. The summed E-state index contributed by atoms with van der Waals surface area (Å²) in [5, 5.41) is 17.8. The van der Waals surface area contributed by atoms with Gasteiger partial charge in [0.15, 0.2) is 0 Å². The Bertz CT molecular complexity index is 1100. The molecule has 29 heavy (non-hydrogen) atoms. The third kappa shape index (κ3) is 3.36. The lowest BCUT2D eigenvalue weighted by molar-refractivity contribution is -0.764. The summed E-state index contributed by atoms with van der Waals surface area (Å²) in [6, 6.07) is 12.9. The topological polar surface area (TPSA) is 73.0 Å². The van der Waals surface area contributed by atoms with Crippen LogP contribution in [0.5, 0.6) is 5.88 Å². The highest BCUT2D eigenvalue weighted by atomic mass is 32.2. The zero-order chi connectivity index (χ0) is 20.5. The standard InChI is InChI=1S/C21H17FN4O2S/c1-3-12-29-21-23-19(28)18-16-6-4-5-7-17(16)25(13(2)27)20(26(18)24-21)14-8-10-15(22)11-9-14/h3-11,20H,1,12H2,2H3. The van der Waals surface area contributed by atoms with E-state index in [4.69, 9.17) is 0 Å². The monoisotopic (exact) mass is 408 g/mol. The number of carbonyl (C=O) groups excluding carboxylic acids is 1. The van der Waals surface area contributed by atoms with E-state index >= 15 is 0 Å². The van der Waals surface area contributed by atoms with E-state index in [0.29, 0.717) is 22.6 Å². The van der Waals surface area contributed by atoms with Crippen LogP contribution < -0.4 is 14.7 Å². The first kappa shape index (κ1) is 19.1. The van der Waals surface area contributed by atoms with E-state index in [9.17, 15) is 14.3 Å². The van der Waals surface area contributed by atoms with Crippen molar-refractivity contribution < 1.29 is 19.0 Å². The fourth-order valence-corrected chi connectivity index (χ4v) is 3.96. The molecule has 8 heteroatoms. The van der Waals surface area contributed by atoms with E-state index in [-0.39, 0.29) is 22.6 Å². The van der Waals surface area contributed by atoms with Gasteiger partial charge in [0.25, 0.3) is 17.0 Å². The van der Waals surface area contributed by atoms with E-state index in [0.717, 1.165) is 0 Å². The number of nitrogens with zero attached hydrogens (tertiary/aromatic N) is 4. The van der Waals surface area contributed by atoms with Crippen molar-refractivity contribution in [1.29, 1.82) is 0 Å². The van der Waals surface area contributed by atoms with Crippen LogP contribution in [0.25, 0.3) is 11.3 Å². The number of amides is 1. The van der Waals surface area contributed by atoms with E-state index in [2.05, 4.69) is 16.7 Å². The SMILES string of the molecule is C=CCSc1nc([O-])c2[n+](n1)C(c1ccc(F)cc1)N(C(C)=O)c1ccccc1-2. The van der Waals surface area contributed by atoms with E-state index < -0.39 is 12.0 Å². The number of thioether (sulfide) groups is 1. The molecule has 2 heterocycles. The van der Waals surface area contributed by atoms with Gasteiger partial charge in [0, 0.05) is 23.3 Å². The van der Waals surface area contributed by atoms with Crippen LogP contribution >= 0.6 is 11.8 Å². The average Bonchev–Trinajstić information content (AvgIpc) is 2.71. The molecule has 0 saturated carbocycles. The molecule has 0 bridgehead atoms. The molecular formula is C21H17FN4O2S. The molecule has 0 spiro atoms. The summed E-state index contributed by atoms with van der Waals surface area (Å²) in [5.74, 6) is -0.517. The van der Waals surface area contributed by atoms with Gasteiger partial charge in [-0.25, -0.2) is 14.3 Å². The Labute approximate surface area is 171 Å². The summed E-state index contributed by atoms with van der Waals surface area (Å²) in [7, 11) is 0. The molecule has 0 radical (unpaired) electrons. The number of halogens is 1. The number of hydrogen-bond donors (Lipinski definition) is 0. The lowest BCUT2D eigenvalue weighted by Crippen LogP contribution is -2.58. The second-order valence-electron chi connectivity index (χ2n) is 6.42. The average molecular weight is 408 g/mol. The third-order valence-corrected chi connectivity index (χ3v) is 5.39. The second-order valence-corrected chi connectivity index (χ2v) is 7.41. The molecule has 4 rings (SSSR count). The lowest BCUT2D eigenvalue weighted by atomic mass is 10.0. The predicted molar refractivity (Wildman–Crippen MR) is 106 cm³/mol. The number of para-hydroxylation sites is 1. The number of anilines is 1. The molecule has 1 aromatic heterocycles. The lowest BCUT2D eigenvalue weighted by Gasteiger charge is -2.32. The normalized spacial score (nSPS) is 14.8. The van der Waals surface area contributed by atoms with Crippen molar-refractivity contribution in [3.05, 3.63) is 72.6 Å². The zero-order valence-electron chi connectivity index (χ0n) is 15.6. The summed E-state index contributed by atoms with van der Waals surface area (Å²) >= 11 is 1.27. The van der Waals surface area contributed by atoms with Crippen molar-refractivity contribution >= 4 is 23.4 Å². The molecule has 1 aliphatic rings. The molecule has 1 aliphatic heterocycles. The summed E-state index contributed by atoms with van der Waals surface area (Å²) in [5.41, 5.74) is 2.07. The van der Waals surface area contributed by atoms with Gasteiger partial charge in [-0.2, -0.15) is 0 Å². The molecule has 1 unspecified atom stereocenters. The van der Waals surface area contributed by atoms with E-state index in [1.807, 2.05) is 0 Å². The van der Waals surface area contributed by atoms with Crippen LogP contribution in [0.4, 0.5) is 10.1 Å². The maximum Gasteiger partial charge on any atom is 0.293 e. The molecule has 0 fully saturated rings. The van der Waals surface area contributed by atoms with Crippen LogP contribution in [0, 0.1) is 5.82 Å². The van der Waals surface area contributed by atoms with Gasteiger partial charge in [0.05, 0.1) is 17.1 Å². The highest BCUT2D eigenvalue weighted by molar-refractivity contribution is 7.99. The van der Waals surface area contributed by atoms with Crippen molar-refractivity contribution in [3.8, 4) is 17.1 Å². The molecule has 2 aromatic carbocycles. The largest absolute Gasteiger partial charge is 0.854 e. The van der Waals surface area contributed by atoms with E-state index in [1.165, 1.54) is 35.5 Å². The summed E-state index contributed by atoms with van der Waals surface area (Å²) in [6.45, 7) is 5.12. The third-order valence-electron chi connectivity index (χ3n) is 4.55. The zero-order valence-corrected chi connectivity index (χ0v) is 16.4. The molecule has 0 aliphatic carbocycles. The first-order valence-electron chi connectivity index (χ1n) is 8.90. The van der Waals surface area contributed by atoms with Crippen molar-refractivity contribution in [2.75, 3.05) is 10.7 Å². The first-order valence-corrected chi connectivity index (χ1v) is 9.89. The van der Waals surface area contributed by atoms with Gasteiger partial charge in [-0.05, 0) is 36.4 Å². The Hall–Kier alpha value is -3.26. The quantitative estimate of drug-likeness (QED) is 0.377. The highest BCUT2D eigenvalue weighted by Gasteiger charge is 2.43. The van der Waals surface area contributed by atoms with Crippen molar-refractivity contribution in [3.63, 3.8) is 0 Å². The molecule has 3 aromatic rings. The minimum Gasteiger partial charge on any atom is -0.854 e. The number of benzene rings is 2. The molecular weight excluding hydrogens is 391 g/mol. The van der Waals surface area contributed by atoms with Crippen LogP contribution in [0.1, 0.15) is 18.7 Å². The van der Waals surface area contributed by atoms with Crippen LogP contribution in [0.2, 0.25) is 0 Å². The van der Waals surface area contributed by atoms with Crippen molar-refractivity contribution in [2.24, 2.45) is 0 Å². The molecule has 0 N–H and O–H groups in total. The van der Waals surface area contributed by atoms with Crippen LogP contribution in [0.15, 0.2) is 66.3 Å². The van der Waals surface area contributed by atoms with Gasteiger partial charge in [-0.15, -0.1) is 6.58 Å². The molecule has 1 atom stereocenters. The van der Waals surface area contributed by atoms with Crippen molar-refractivity contribution in [1.82, 2.24) is 10.1 Å². The number of rotatable bonds is 4. The Morgan fingerprint density at radius 3 is 2.72 bits per heavy atom. The first-order chi connectivity index (χ1) is 14.0. The van der Waals surface area contributed by atoms with E-state index in [1.54, 1.807) is 47.4 Å². The molecule has 6 nitrogen and oxygen atoms in total.